The fourth-order valence-electron chi connectivity index (χ4n) is 5.12. The SMILES string of the molecule is O=C(OCC1(CO)CC(F)(F)C1)[C@H]1CCN(c2ncnc3[nH]ccc23)CC12CC2. The summed E-state index contributed by atoms with van der Waals surface area (Å²) in [4.78, 5) is 26.8. The van der Waals surface area contributed by atoms with Crippen molar-refractivity contribution in [3.63, 3.8) is 0 Å². The van der Waals surface area contributed by atoms with E-state index in [0.29, 0.717) is 19.5 Å². The summed E-state index contributed by atoms with van der Waals surface area (Å²) in [5.74, 6) is -2.46. The number of aromatic nitrogens is 3. The molecule has 0 radical (unpaired) electrons. The first kappa shape index (κ1) is 18.7. The van der Waals surface area contributed by atoms with E-state index in [4.69, 9.17) is 4.74 Å². The number of aliphatic hydroxyl groups excluding tert-OH is 1. The van der Waals surface area contributed by atoms with Gasteiger partial charge in [-0.25, -0.2) is 18.7 Å². The summed E-state index contributed by atoms with van der Waals surface area (Å²) in [7, 11) is 0. The first-order valence-electron chi connectivity index (χ1n) is 10.0. The van der Waals surface area contributed by atoms with E-state index in [2.05, 4.69) is 19.9 Å². The molecule has 5 rings (SSSR count). The molecule has 0 amide bonds. The first-order valence-corrected chi connectivity index (χ1v) is 10.0. The van der Waals surface area contributed by atoms with Crippen LogP contribution < -0.4 is 4.90 Å². The number of hydrogen-bond acceptors (Lipinski definition) is 6. The van der Waals surface area contributed by atoms with E-state index < -0.39 is 24.2 Å². The van der Waals surface area contributed by atoms with Gasteiger partial charge in [0.05, 0.1) is 24.5 Å². The molecule has 2 aromatic heterocycles. The number of aliphatic hydroxyl groups is 1. The standard InChI is InChI=1S/C20H24F2N4O3/c21-20(22)7-18(8-20,10-27)11-29-17(28)14-2-6-26(9-19(14)3-4-19)16-13-1-5-23-15(13)24-12-25-16/h1,5,12,14,27H,2-4,6-11H2,(H,23,24,25)/t14-/m1/s1. The van der Waals surface area contributed by atoms with Crippen molar-refractivity contribution in [1.82, 2.24) is 15.0 Å². The molecule has 3 heterocycles. The molecule has 2 aliphatic carbocycles. The monoisotopic (exact) mass is 406 g/mol. The van der Waals surface area contributed by atoms with Crippen molar-refractivity contribution in [2.24, 2.45) is 16.7 Å². The Labute approximate surface area is 166 Å². The topological polar surface area (TPSA) is 91.3 Å². The summed E-state index contributed by atoms with van der Waals surface area (Å²) >= 11 is 0. The van der Waals surface area contributed by atoms with Crippen LogP contribution in [0.4, 0.5) is 14.6 Å². The van der Waals surface area contributed by atoms with Gasteiger partial charge in [-0.1, -0.05) is 0 Å². The van der Waals surface area contributed by atoms with Crippen LogP contribution in [0.1, 0.15) is 32.1 Å². The minimum Gasteiger partial charge on any atom is -0.465 e. The van der Waals surface area contributed by atoms with Crippen molar-refractivity contribution < 1.29 is 23.4 Å². The van der Waals surface area contributed by atoms with Gasteiger partial charge >= 0.3 is 5.97 Å². The Morgan fingerprint density at radius 2 is 2.14 bits per heavy atom. The van der Waals surface area contributed by atoms with Crippen molar-refractivity contribution in [3.05, 3.63) is 18.6 Å². The van der Waals surface area contributed by atoms with E-state index in [1.807, 2.05) is 12.3 Å². The van der Waals surface area contributed by atoms with Crippen molar-refractivity contribution in [2.45, 2.75) is 38.0 Å². The molecule has 2 aromatic rings. The molecular formula is C20H24F2N4O3. The van der Waals surface area contributed by atoms with Crippen LogP contribution in [0, 0.1) is 16.7 Å². The number of nitrogens with one attached hydrogen (secondary N) is 1. The second kappa shape index (κ2) is 6.35. The molecule has 1 saturated heterocycles. The van der Waals surface area contributed by atoms with Gasteiger partial charge in [0.15, 0.2) is 0 Å². The highest BCUT2D eigenvalue weighted by Gasteiger charge is 2.59. The normalized spacial score (nSPS) is 26.3. The van der Waals surface area contributed by atoms with Gasteiger partial charge in [0.1, 0.15) is 17.8 Å². The van der Waals surface area contributed by atoms with Gasteiger partial charge in [-0.3, -0.25) is 4.79 Å². The van der Waals surface area contributed by atoms with E-state index in [0.717, 1.165) is 29.7 Å². The van der Waals surface area contributed by atoms with Crippen molar-refractivity contribution in [3.8, 4) is 0 Å². The zero-order valence-electron chi connectivity index (χ0n) is 16.0. The van der Waals surface area contributed by atoms with Gasteiger partial charge < -0.3 is 19.7 Å². The Hall–Kier alpha value is -2.29. The van der Waals surface area contributed by atoms with Crippen molar-refractivity contribution in [1.29, 1.82) is 0 Å². The van der Waals surface area contributed by atoms with Crippen LogP contribution >= 0.6 is 0 Å². The average Bonchev–Trinajstić information content (AvgIpc) is 3.26. The number of halogens is 2. The van der Waals surface area contributed by atoms with Crippen LogP contribution in [0.5, 0.6) is 0 Å². The number of piperidine rings is 1. The minimum atomic E-state index is -2.76. The fourth-order valence-corrected chi connectivity index (χ4v) is 5.12. The summed E-state index contributed by atoms with van der Waals surface area (Å²) in [6.45, 7) is 0.860. The number of rotatable bonds is 5. The van der Waals surface area contributed by atoms with Crippen LogP contribution in [0.25, 0.3) is 11.0 Å². The molecule has 156 valence electrons. The molecule has 0 aromatic carbocycles. The molecule has 1 aliphatic heterocycles. The highest BCUT2D eigenvalue weighted by atomic mass is 19.3. The maximum Gasteiger partial charge on any atom is 0.309 e. The van der Waals surface area contributed by atoms with Crippen molar-refractivity contribution >= 4 is 22.8 Å². The number of anilines is 1. The van der Waals surface area contributed by atoms with Gasteiger partial charge in [-0.05, 0) is 25.3 Å². The summed E-state index contributed by atoms with van der Waals surface area (Å²) in [6.07, 6.45) is 5.04. The molecule has 0 bridgehead atoms. The van der Waals surface area contributed by atoms with E-state index in [1.54, 1.807) is 0 Å². The Bertz CT molecular complexity index is 935. The molecule has 1 spiro atoms. The average molecular weight is 406 g/mol. The zero-order valence-corrected chi connectivity index (χ0v) is 16.0. The summed E-state index contributed by atoms with van der Waals surface area (Å²) in [5, 5.41) is 10.4. The lowest BCUT2D eigenvalue weighted by Crippen LogP contribution is -2.52. The molecule has 0 unspecified atom stereocenters. The van der Waals surface area contributed by atoms with E-state index in [-0.39, 0.29) is 30.5 Å². The third-order valence-corrected chi connectivity index (χ3v) is 6.87. The number of nitrogens with zero attached hydrogens (tertiary/aromatic N) is 3. The minimum absolute atomic E-state index is 0.135. The number of carbonyl (C=O) groups excluding carboxylic acids is 1. The molecule has 3 fully saturated rings. The maximum absolute atomic E-state index is 13.3. The Morgan fingerprint density at radius 3 is 2.83 bits per heavy atom. The van der Waals surface area contributed by atoms with Gasteiger partial charge in [0.2, 0.25) is 5.92 Å². The predicted molar refractivity (Wildman–Crippen MR) is 101 cm³/mol. The Balaban J connectivity index is 1.26. The molecule has 1 atom stereocenters. The molecule has 29 heavy (non-hydrogen) atoms. The second-order valence-electron chi connectivity index (χ2n) is 9.04. The van der Waals surface area contributed by atoms with Crippen LogP contribution in [0.15, 0.2) is 18.6 Å². The first-order chi connectivity index (χ1) is 13.9. The van der Waals surface area contributed by atoms with E-state index >= 15 is 0 Å². The quantitative estimate of drug-likeness (QED) is 0.742. The summed E-state index contributed by atoms with van der Waals surface area (Å²) in [5.41, 5.74) is -0.344. The second-order valence-corrected chi connectivity index (χ2v) is 9.04. The largest absolute Gasteiger partial charge is 0.465 e. The van der Waals surface area contributed by atoms with Crippen LogP contribution in [0.3, 0.4) is 0 Å². The number of esters is 1. The summed E-state index contributed by atoms with van der Waals surface area (Å²) in [6, 6.07) is 1.95. The lowest BCUT2D eigenvalue weighted by Gasteiger charge is -2.46. The highest BCUT2D eigenvalue weighted by molar-refractivity contribution is 5.87. The van der Waals surface area contributed by atoms with Crippen LogP contribution in [0.2, 0.25) is 0 Å². The van der Waals surface area contributed by atoms with E-state index in [9.17, 15) is 18.7 Å². The number of alkyl halides is 2. The number of hydrogen-bond donors (Lipinski definition) is 2. The highest BCUT2D eigenvalue weighted by Crippen LogP contribution is 2.57. The van der Waals surface area contributed by atoms with Gasteiger partial charge in [0, 0.05) is 43.0 Å². The van der Waals surface area contributed by atoms with Crippen LogP contribution in [-0.4, -0.2) is 58.3 Å². The van der Waals surface area contributed by atoms with E-state index in [1.165, 1.54) is 6.33 Å². The Kier molecular flexibility index (Phi) is 4.10. The third kappa shape index (κ3) is 3.15. The lowest BCUT2D eigenvalue weighted by molar-refractivity contribution is -0.202. The molecule has 2 N–H and O–H groups in total. The Morgan fingerprint density at radius 1 is 1.34 bits per heavy atom. The fraction of sp³-hybridized carbons (Fsp3) is 0.650. The number of H-pyrrole nitrogens is 1. The number of ether oxygens (including phenoxy) is 1. The molecule has 2 saturated carbocycles. The summed E-state index contributed by atoms with van der Waals surface area (Å²) < 4.78 is 32.0. The molecular weight excluding hydrogens is 382 g/mol. The zero-order chi connectivity index (χ0) is 20.3. The van der Waals surface area contributed by atoms with Gasteiger partial charge in [0.25, 0.3) is 0 Å². The van der Waals surface area contributed by atoms with Gasteiger partial charge in [-0.15, -0.1) is 0 Å². The number of fused-ring (bicyclic) bond motifs is 1. The smallest absolute Gasteiger partial charge is 0.309 e. The number of carbonyl (C=O) groups is 1. The van der Waals surface area contributed by atoms with Crippen LogP contribution in [-0.2, 0) is 9.53 Å². The molecule has 9 heteroatoms. The molecule has 3 aliphatic rings. The maximum atomic E-state index is 13.3. The predicted octanol–water partition coefficient (Wildman–Crippen LogP) is 2.52. The lowest BCUT2D eigenvalue weighted by atomic mass is 9.67. The van der Waals surface area contributed by atoms with Gasteiger partial charge in [-0.2, -0.15) is 0 Å². The van der Waals surface area contributed by atoms with Crippen molar-refractivity contribution in [2.75, 3.05) is 31.2 Å². The number of aromatic amines is 1. The molecule has 7 nitrogen and oxygen atoms in total. The third-order valence-electron chi connectivity index (χ3n) is 6.87.